The van der Waals surface area contributed by atoms with Crippen molar-refractivity contribution in [3.8, 4) is 0 Å². The van der Waals surface area contributed by atoms with E-state index in [1.54, 1.807) is 6.20 Å². The van der Waals surface area contributed by atoms with Crippen LogP contribution in [0.15, 0.2) is 18.3 Å². The van der Waals surface area contributed by atoms with Crippen molar-refractivity contribution in [1.82, 2.24) is 14.8 Å². The Morgan fingerprint density at radius 3 is 2.39 bits per heavy atom. The summed E-state index contributed by atoms with van der Waals surface area (Å²) in [6, 6.07) is 3.87. The van der Waals surface area contributed by atoms with E-state index in [1.165, 1.54) is 19.3 Å². The largest absolute Gasteiger partial charge is 0.395 e. The van der Waals surface area contributed by atoms with E-state index < -0.39 is 0 Å². The molecule has 2 aliphatic heterocycles. The van der Waals surface area contributed by atoms with Gasteiger partial charge in [-0.1, -0.05) is 0 Å². The average molecular weight is 318 g/mol. The minimum Gasteiger partial charge on any atom is -0.395 e. The Labute approximate surface area is 137 Å². The van der Waals surface area contributed by atoms with Gasteiger partial charge in [-0.15, -0.1) is 0 Å². The van der Waals surface area contributed by atoms with Crippen molar-refractivity contribution in [2.45, 2.75) is 19.3 Å². The Hall–Kier alpha value is -1.66. The van der Waals surface area contributed by atoms with Gasteiger partial charge in [0.1, 0.15) is 5.82 Å². The van der Waals surface area contributed by atoms with E-state index >= 15 is 0 Å². The van der Waals surface area contributed by atoms with E-state index in [-0.39, 0.29) is 12.5 Å². The second-order valence-corrected chi connectivity index (χ2v) is 6.31. The molecule has 3 rings (SSSR count). The molecule has 3 heterocycles. The van der Waals surface area contributed by atoms with Gasteiger partial charge in [-0.3, -0.25) is 9.69 Å². The van der Waals surface area contributed by atoms with Crippen molar-refractivity contribution in [2.75, 3.05) is 57.3 Å². The fourth-order valence-corrected chi connectivity index (χ4v) is 3.32. The van der Waals surface area contributed by atoms with Crippen LogP contribution in [-0.2, 0) is 0 Å². The first kappa shape index (κ1) is 16.2. The summed E-state index contributed by atoms with van der Waals surface area (Å²) in [4.78, 5) is 23.4. The molecule has 1 amide bonds. The molecule has 2 aliphatic rings. The molecule has 0 atom stereocenters. The first-order valence-corrected chi connectivity index (χ1v) is 8.61. The Morgan fingerprint density at radius 1 is 1.04 bits per heavy atom. The summed E-state index contributed by atoms with van der Waals surface area (Å²) in [5.74, 6) is 1.04. The predicted octanol–water partition coefficient (Wildman–Crippen LogP) is 0.822. The van der Waals surface area contributed by atoms with E-state index in [2.05, 4.69) is 14.8 Å². The summed E-state index contributed by atoms with van der Waals surface area (Å²) in [7, 11) is 0. The van der Waals surface area contributed by atoms with E-state index in [9.17, 15) is 4.79 Å². The first-order chi connectivity index (χ1) is 11.3. The zero-order valence-electron chi connectivity index (χ0n) is 13.7. The summed E-state index contributed by atoms with van der Waals surface area (Å²) in [5.41, 5.74) is 0.668. The molecule has 126 valence electrons. The monoisotopic (exact) mass is 318 g/mol. The number of amides is 1. The number of anilines is 1. The summed E-state index contributed by atoms with van der Waals surface area (Å²) >= 11 is 0. The molecular weight excluding hydrogens is 292 g/mol. The molecule has 1 N–H and O–H groups in total. The number of aromatic nitrogens is 1. The molecule has 0 radical (unpaired) electrons. The molecule has 1 aromatic heterocycles. The van der Waals surface area contributed by atoms with Crippen LogP contribution in [0.25, 0.3) is 0 Å². The normalized spacial score (nSPS) is 19.9. The molecule has 0 aliphatic carbocycles. The zero-order chi connectivity index (χ0) is 16.1. The van der Waals surface area contributed by atoms with E-state index in [0.29, 0.717) is 25.2 Å². The molecular formula is C17H26N4O2. The van der Waals surface area contributed by atoms with Crippen molar-refractivity contribution in [1.29, 1.82) is 0 Å². The third-order valence-corrected chi connectivity index (χ3v) is 4.75. The molecule has 6 heteroatoms. The van der Waals surface area contributed by atoms with Crippen LogP contribution in [0, 0.1) is 0 Å². The SMILES string of the molecule is O=C(c1ccc(N2CCCCC2)nc1)N1CCN(CCO)CC1. The maximum Gasteiger partial charge on any atom is 0.255 e. The fourth-order valence-electron chi connectivity index (χ4n) is 3.32. The molecule has 6 nitrogen and oxygen atoms in total. The van der Waals surface area contributed by atoms with Crippen molar-refractivity contribution in [3.63, 3.8) is 0 Å². The molecule has 23 heavy (non-hydrogen) atoms. The van der Waals surface area contributed by atoms with Gasteiger partial charge in [0.2, 0.25) is 0 Å². The second-order valence-electron chi connectivity index (χ2n) is 6.31. The zero-order valence-corrected chi connectivity index (χ0v) is 13.7. The Kier molecular flexibility index (Phi) is 5.46. The topological polar surface area (TPSA) is 59.9 Å². The lowest BCUT2D eigenvalue weighted by atomic mass is 10.1. The van der Waals surface area contributed by atoms with Crippen LogP contribution in [0.4, 0.5) is 5.82 Å². The van der Waals surface area contributed by atoms with Gasteiger partial charge in [0.25, 0.3) is 5.91 Å². The van der Waals surface area contributed by atoms with E-state index in [1.807, 2.05) is 17.0 Å². The van der Waals surface area contributed by atoms with Gasteiger partial charge in [0.05, 0.1) is 12.2 Å². The van der Waals surface area contributed by atoms with Crippen molar-refractivity contribution >= 4 is 11.7 Å². The minimum absolute atomic E-state index is 0.0614. The average Bonchev–Trinajstić information content (AvgIpc) is 2.63. The minimum atomic E-state index is 0.0614. The molecule has 0 saturated carbocycles. The number of β-amino-alcohol motifs (C(OH)–C–C–N with tert-alkyl or cyclic N) is 1. The molecule has 0 unspecified atom stereocenters. The Balaban J connectivity index is 1.57. The number of carbonyl (C=O) groups is 1. The van der Waals surface area contributed by atoms with Gasteiger partial charge >= 0.3 is 0 Å². The van der Waals surface area contributed by atoms with Crippen LogP contribution >= 0.6 is 0 Å². The standard InChI is InChI=1S/C17H26N4O2/c22-13-12-19-8-10-21(11-9-19)17(23)15-4-5-16(18-14-15)20-6-2-1-3-7-20/h4-5,14,22H,1-3,6-13H2. The highest BCUT2D eigenvalue weighted by molar-refractivity contribution is 5.94. The highest BCUT2D eigenvalue weighted by Crippen LogP contribution is 2.18. The number of nitrogens with zero attached hydrogens (tertiary/aromatic N) is 4. The number of carbonyl (C=O) groups excluding carboxylic acids is 1. The fraction of sp³-hybridized carbons (Fsp3) is 0.647. The van der Waals surface area contributed by atoms with Gasteiger partial charge in [-0.25, -0.2) is 4.98 Å². The smallest absolute Gasteiger partial charge is 0.255 e. The number of aliphatic hydroxyl groups is 1. The number of hydrogen-bond donors (Lipinski definition) is 1. The summed E-state index contributed by atoms with van der Waals surface area (Å²) in [6.45, 7) is 6.07. The third kappa shape index (κ3) is 4.00. The van der Waals surface area contributed by atoms with Crippen LogP contribution in [0.5, 0.6) is 0 Å². The number of piperidine rings is 1. The molecule has 2 fully saturated rings. The number of pyridine rings is 1. The summed E-state index contributed by atoms with van der Waals surface area (Å²) < 4.78 is 0. The van der Waals surface area contributed by atoms with Crippen LogP contribution in [0.1, 0.15) is 29.6 Å². The first-order valence-electron chi connectivity index (χ1n) is 8.61. The lowest BCUT2D eigenvalue weighted by Crippen LogP contribution is -2.49. The van der Waals surface area contributed by atoms with E-state index in [0.717, 1.165) is 32.0 Å². The third-order valence-electron chi connectivity index (χ3n) is 4.75. The van der Waals surface area contributed by atoms with Crippen molar-refractivity contribution < 1.29 is 9.90 Å². The van der Waals surface area contributed by atoms with Gasteiger partial charge in [0.15, 0.2) is 0 Å². The lowest BCUT2D eigenvalue weighted by molar-refractivity contribution is 0.0614. The summed E-state index contributed by atoms with van der Waals surface area (Å²) in [5, 5.41) is 8.97. The molecule has 0 spiro atoms. The van der Waals surface area contributed by atoms with Gasteiger partial charge in [0, 0.05) is 52.0 Å². The van der Waals surface area contributed by atoms with Crippen LogP contribution in [0.2, 0.25) is 0 Å². The molecule has 0 aromatic carbocycles. The predicted molar refractivity (Wildman–Crippen MR) is 89.7 cm³/mol. The quantitative estimate of drug-likeness (QED) is 0.891. The molecule has 2 saturated heterocycles. The highest BCUT2D eigenvalue weighted by Gasteiger charge is 2.22. The van der Waals surface area contributed by atoms with Gasteiger partial charge in [-0.05, 0) is 31.4 Å². The second kappa shape index (κ2) is 7.75. The van der Waals surface area contributed by atoms with Crippen LogP contribution in [0.3, 0.4) is 0 Å². The van der Waals surface area contributed by atoms with Gasteiger partial charge in [-0.2, -0.15) is 0 Å². The highest BCUT2D eigenvalue weighted by atomic mass is 16.3. The number of rotatable bonds is 4. The summed E-state index contributed by atoms with van der Waals surface area (Å²) in [6.07, 6.45) is 5.46. The van der Waals surface area contributed by atoms with Crippen molar-refractivity contribution in [3.05, 3.63) is 23.9 Å². The number of piperazine rings is 1. The van der Waals surface area contributed by atoms with Crippen LogP contribution < -0.4 is 4.90 Å². The molecule has 1 aromatic rings. The molecule has 0 bridgehead atoms. The van der Waals surface area contributed by atoms with Crippen molar-refractivity contribution in [2.24, 2.45) is 0 Å². The number of aliphatic hydroxyl groups excluding tert-OH is 1. The maximum absolute atomic E-state index is 12.6. The lowest BCUT2D eigenvalue weighted by Gasteiger charge is -2.34. The Morgan fingerprint density at radius 2 is 1.78 bits per heavy atom. The Bertz CT molecular complexity index is 506. The van der Waals surface area contributed by atoms with Gasteiger partial charge < -0.3 is 14.9 Å². The van der Waals surface area contributed by atoms with Crippen LogP contribution in [-0.4, -0.2) is 78.2 Å². The van der Waals surface area contributed by atoms with E-state index in [4.69, 9.17) is 5.11 Å². The number of hydrogen-bond acceptors (Lipinski definition) is 5. The maximum atomic E-state index is 12.6.